The fourth-order valence-electron chi connectivity index (χ4n) is 2.73. The third-order valence-electron chi connectivity index (χ3n) is 4.03. The highest BCUT2D eigenvalue weighted by Gasteiger charge is 2.23. The number of amides is 1. The van der Waals surface area contributed by atoms with Crippen molar-refractivity contribution in [2.75, 3.05) is 6.54 Å². The van der Waals surface area contributed by atoms with Gasteiger partial charge >= 0.3 is 0 Å². The molecule has 1 unspecified atom stereocenters. The van der Waals surface area contributed by atoms with Crippen LogP contribution < -0.4 is 5.32 Å². The number of hydrogen-bond acceptors (Lipinski definition) is 5. The minimum absolute atomic E-state index is 0.0485. The van der Waals surface area contributed by atoms with E-state index in [0.29, 0.717) is 24.0 Å². The normalized spacial score (nSPS) is 12.2. The van der Waals surface area contributed by atoms with Crippen molar-refractivity contribution in [3.05, 3.63) is 48.0 Å². The lowest BCUT2D eigenvalue weighted by Gasteiger charge is -2.30. The maximum Gasteiger partial charge on any atom is 0.275 e. The number of carbonyl (C=O) groups excluding carboxylic acids is 2. The molecule has 0 aliphatic heterocycles. The van der Waals surface area contributed by atoms with Crippen LogP contribution in [0.4, 0.5) is 4.39 Å². The molecule has 0 fully saturated rings. The fraction of sp³-hybridized carbons (Fsp3) is 0.316. The smallest absolute Gasteiger partial charge is 0.275 e. The average molecular weight is 359 g/mol. The van der Waals surface area contributed by atoms with Crippen molar-refractivity contribution in [1.29, 1.82) is 0 Å². The van der Waals surface area contributed by atoms with Crippen molar-refractivity contribution in [1.82, 2.24) is 15.2 Å². The molecule has 7 heteroatoms. The Labute approximate surface area is 151 Å². The van der Waals surface area contributed by atoms with E-state index in [1.54, 1.807) is 17.0 Å². The van der Waals surface area contributed by atoms with Gasteiger partial charge in [0.1, 0.15) is 17.7 Å². The number of rotatable bonds is 7. The van der Waals surface area contributed by atoms with Gasteiger partial charge in [0.25, 0.3) is 5.91 Å². The van der Waals surface area contributed by atoms with E-state index in [0.717, 1.165) is 0 Å². The molecule has 0 aliphatic rings. The molecule has 1 amide bonds. The maximum absolute atomic E-state index is 13.3. The Morgan fingerprint density at radius 1 is 1.35 bits per heavy atom. The summed E-state index contributed by atoms with van der Waals surface area (Å²) in [6.45, 7) is 6.27. The lowest BCUT2D eigenvalue weighted by Crippen LogP contribution is -2.52. The predicted molar refractivity (Wildman–Crippen MR) is 96.1 cm³/mol. The zero-order chi connectivity index (χ0) is 19.3. The molecule has 2 aromatic rings. The molecule has 0 radical (unpaired) electrons. The molecule has 0 aliphatic carbocycles. The summed E-state index contributed by atoms with van der Waals surface area (Å²) in [5.41, 5.74) is 0.808. The molecular formula is C19H22FN3O3. The van der Waals surface area contributed by atoms with Crippen LogP contribution in [-0.2, 0) is 4.79 Å². The minimum Gasteiger partial charge on any atom is -0.505 e. The van der Waals surface area contributed by atoms with Crippen LogP contribution in [0.15, 0.2) is 36.5 Å². The van der Waals surface area contributed by atoms with Gasteiger partial charge in [0.05, 0.1) is 0 Å². The number of aldehydes is 1. The molecule has 1 atom stereocenters. The molecule has 26 heavy (non-hydrogen) atoms. The van der Waals surface area contributed by atoms with Gasteiger partial charge in [-0.3, -0.25) is 14.5 Å². The minimum atomic E-state index is -0.823. The second-order valence-corrected chi connectivity index (χ2v) is 6.08. The van der Waals surface area contributed by atoms with Gasteiger partial charge in [-0.2, -0.15) is 0 Å². The van der Waals surface area contributed by atoms with Crippen LogP contribution in [-0.4, -0.2) is 45.9 Å². The van der Waals surface area contributed by atoms with Crippen molar-refractivity contribution in [3.63, 3.8) is 0 Å². The summed E-state index contributed by atoms with van der Waals surface area (Å²) in [5.74, 6) is -1.42. The molecule has 0 bridgehead atoms. The van der Waals surface area contributed by atoms with Crippen molar-refractivity contribution < 1.29 is 19.1 Å². The molecule has 0 saturated heterocycles. The lowest BCUT2D eigenvalue weighted by atomic mass is 10.1. The molecule has 2 rings (SSSR count). The molecule has 138 valence electrons. The third-order valence-corrected chi connectivity index (χ3v) is 4.03. The molecule has 1 aromatic carbocycles. The second-order valence-electron chi connectivity index (χ2n) is 6.08. The molecule has 2 N–H and O–H groups in total. The van der Waals surface area contributed by atoms with Crippen LogP contribution in [0.5, 0.6) is 5.75 Å². The molecule has 1 heterocycles. The highest BCUT2D eigenvalue weighted by atomic mass is 19.1. The SMILES string of the molecule is CCN(C(C)C)C(C=O)NC(=O)c1ncc(-c2cccc(F)c2)cc1O. The Balaban J connectivity index is 2.23. The maximum atomic E-state index is 13.3. The first-order chi connectivity index (χ1) is 12.4. The van der Waals surface area contributed by atoms with E-state index >= 15 is 0 Å². The highest BCUT2D eigenvalue weighted by Crippen LogP contribution is 2.25. The largest absolute Gasteiger partial charge is 0.505 e. The van der Waals surface area contributed by atoms with E-state index in [2.05, 4.69) is 10.3 Å². The molecule has 0 saturated carbocycles. The summed E-state index contributed by atoms with van der Waals surface area (Å²) < 4.78 is 13.3. The van der Waals surface area contributed by atoms with Crippen molar-refractivity contribution in [3.8, 4) is 16.9 Å². The average Bonchev–Trinajstić information content (AvgIpc) is 2.60. The molecule has 1 aromatic heterocycles. The summed E-state index contributed by atoms with van der Waals surface area (Å²) in [7, 11) is 0. The molecule has 0 spiro atoms. The van der Waals surface area contributed by atoms with Crippen molar-refractivity contribution in [2.24, 2.45) is 0 Å². The zero-order valence-electron chi connectivity index (χ0n) is 14.9. The van der Waals surface area contributed by atoms with Crippen LogP contribution in [0.3, 0.4) is 0 Å². The second kappa shape index (κ2) is 8.53. The first-order valence-corrected chi connectivity index (χ1v) is 8.34. The Kier molecular flexibility index (Phi) is 6.41. The van der Waals surface area contributed by atoms with Gasteiger partial charge in [0.15, 0.2) is 12.0 Å². The van der Waals surface area contributed by atoms with Crippen LogP contribution in [0, 0.1) is 5.82 Å². The first kappa shape index (κ1) is 19.5. The predicted octanol–water partition coefficient (Wildman–Crippen LogP) is 2.58. The summed E-state index contributed by atoms with van der Waals surface area (Å²) in [4.78, 5) is 29.5. The Bertz CT molecular complexity index is 795. The Morgan fingerprint density at radius 2 is 2.08 bits per heavy atom. The quantitative estimate of drug-likeness (QED) is 0.586. The van der Waals surface area contributed by atoms with E-state index in [-0.39, 0.29) is 17.5 Å². The number of nitrogens with zero attached hydrogens (tertiary/aromatic N) is 2. The number of carbonyl (C=O) groups is 2. The summed E-state index contributed by atoms with van der Waals surface area (Å²) in [6.07, 6.45) is 1.19. The topological polar surface area (TPSA) is 82.5 Å². The first-order valence-electron chi connectivity index (χ1n) is 8.34. The number of hydrogen-bond donors (Lipinski definition) is 2. The van der Waals surface area contributed by atoms with E-state index in [1.807, 2.05) is 20.8 Å². The van der Waals surface area contributed by atoms with Crippen molar-refractivity contribution >= 4 is 12.2 Å². The Morgan fingerprint density at radius 3 is 2.62 bits per heavy atom. The molecule has 6 nitrogen and oxygen atoms in total. The van der Waals surface area contributed by atoms with Crippen LogP contribution in [0.25, 0.3) is 11.1 Å². The Hall–Kier alpha value is -2.80. The van der Waals surface area contributed by atoms with E-state index in [1.165, 1.54) is 24.4 Å². The van der Waals surface area contributed by atoms with Gasteiger partial charge < -0.3 is 10.4 Å². The van der Waals surface area contributed by atoms with Gasteiger partial charge in [-0.1, -0.05) is 19.1 Å². The van der Waals surface area contributed by atoms with E-state index < -0.39 is 17.9 Å². The summed E-state index contributed by atoms with van der Waals surface area (Å²) >= 11 is 0. The number of aromatic hydroxyl groups is 1. The van der Waals surface area contributed by atoms with Gasteiger partial charge in [0.2, 0.25) is 0 Å². The zero-order valence-corrected chi connectivity index (χ0v) is 14.9. The number of benzene rings is 1. The van der Waals surface area contributed by atoms with E-state index in [4.69, 9.17) is 0 Å². The number of nitrogens with one attached hydrogen (secondary N) is 1. The lowest BCUT2D eigenvalue weighted by molar-refractivity contribution is -0.113. The summed E-state index contributed by atoms with van der Waals surface area (Å²) in [5, 5.41) is 12.7. The van der Waals surface area contributed by atoms with Gasteiger partial charge in [-0.15, -0.1) is 0 Å². The van der Waals surface area contributed by atoms with Crippen LogP contribution in [0.1, 0.15) is 31.3 Å². The van der Waals surface area contributed by atoms with Gasteiger partial charge in [-0.05, 0) is 44.2 Å². The number of likely N-dealkylation sites (N-methyl/N-ethyl adjacent to an activating group) is 1. The number of aromatic nitrogens is 1. The molecular weight excluding hydrogens is 337 g/mol. The van der Waals surface area contributed by atoms with Crippen LogP contribution in [0.2, 0.25) is 0 Å². The third kappa shape index (κ3) is 4.43. The fourth-order valence-corrected chi connectivity index (χ4v) is 2.73. The van der Waals surface area contributed by atoms with Crippen molar-refractivity contribution in [2.45, 2.75) is 33.0 Å². The van der Waals surface area contributed by atoms with E-state index in [9.17, 15) is 19.1 Å². The monoisotopic (exact) mass is 359 g/mol. The van der Waals surface area contributed by atoms with Gasteiger partial charge in [-0.25, -0.2) is 9.37 Å². The van der Waals surface area contributed by atoms with Gasteiger partial charge in [0, 0.05) is 17.8 Å². The van der Waals surface area contributed by atoms with Crippen LogP contribution >= 0.6 is 0 Å². The standard InChI is InChI=1S/C19H22FN3O3/c1-4-23(12(2)3)17(11-24)22-19(26)18-16(25)9-14(10-21-18)13-6-5-7-15(20)8-13/h5-12,17,25H,4H2,1-3H3,(H,22,26). The number of halogens is 1. The summed E-state index contributed by atoms with van der Waals surface area (Å²) in [6, 6.07) is 7.22. The highest BCUT2D eigenvalue weighted by molar-refractivity contribution is 5.96. The number of pyridine rings is 1.